The molecule has 16 heavy (non-hydrogen) atoms. The Kier molecular flexibility index (Phi) is 3.40. The van der Waals surface area contributed by atoms with Crippen molar-refractivity contribution in [1.82, 2.24) is 9.88 Å². The number of rotatable bonds is 2. The number of nitrogens with zero attached hydrogens (tertiary/aromatic N) is 2. The molecule has 3 nitrogen and oxygen atoms in total. The predicted octanol–water partition coefficient (Wildman–Crippen LogP) is 1.42. The third kappa shape index (κ3) is 2.68. The van der Waals surface area contributed by atoms with Gasteiger partial charge in [-0.05, 0) is 31.5 Å². The minimum absolute atomic E-state index is 0.0781. The van der Waals surface area contributed by atoms with Gasteiger partial charge in [-0.15, -0.1) is 0 Å². The van der Waals surface area contributed by atoms with Gasteiger partial charge < -0.3 is 0 Å². The molecule has 1 aromatic heterocycles. The summed E-state index contributed by atoms with van der Waals surface area (Å²) in [6.07, 6.45) is 3.64. The summed E-state index contributed by atoms with van der Waals surface area (Å²) in [5, 5.41) is 0. The van der Waals surface area contributed by atoms with Crippen molar-refractivity contribution in [2.24, 2.45) is 0 Å². The Morgan fingerprint density at radius 1 is 1.44 bits per heavy atom. The molecule has 0 amide bonds. The van der Waals surface area contributed by atoms with E-state index in [2.05, 4.69) is 23.7 Å². The maximum Gasteiger partial charge on any atom is 0.0530 e. The van der Waals surface area contributed by atoms with Gasteiger partial charge in [0.2, 0.25) is 0 Å². The number of hydrogen-bond acceptors (Lipinski definition) is 3. The Bertz CT molecular complexity index is 378. The third-order valence-corrected chi connectivity index (χ3v) is 4.88. The van der Waals surface area contributed by atoms with Crippen LogP contribution in [0.15, 0.2) is 24.5 Å². The number of pyridine rings is 1. The fourth-order valence-electron chi connectivity index (χ4n) is 2.06. The molecule has 2 heterocycles. The smallest absolute Gasteiger partial charge is 0.0530 e. The van der Waals surface area contributed by atoms with Crippen molar-refractivity contribution in [3.63, 3.8) is 0 Å². The molecule has 0 unspecified atom stereocenters. The summed E-state index contributed by atoms with van der Waals surface area (Å²) in [5.41, 5.74) is 1.28. The molecule has 0 spiro atoms. The molecule has 1 fully saturated rings. The first-order valence-corrected chi connectivity index (χ1v) is 6.89. The maximum atomic E-state index is 11.8. The maximum absolute atomic E-state index is 11.8. The van der Waals surface area contributed by atoms with Crippen molar-refractivity contribution in [3.05, 3.63) is 30.1 Å². The second kappa shape index (κ2) is 4.63. The van der Waals surface area contributed by atoms with Gasteiger partial charge in [0, 0.05) is 48.6 Å². The largest absolute Gasteiger partial charge is 0.297 e. The first-order valence-electron chi connectivity index (χ1n) is 5.58. The Balaban J connectivity index is 2.00. The van der Waals surface area contributed by atoms with Gasteiger partial charge >= 0.3 is 0 Å². The second-order valence-corrected chi connectivity index (χ2v) is 7.08. The van der Waals surface area contributed by atoms with Crippen LogP contribution in [0.5, 0.6) is 0 Å². The molecule has 1 aromatic rings. The lowest BCUT2D eigenvalue weighted by Gasteiger charge is -2.37. The Morgan fingerprint density at radius 3 is 2.75 bits per heavy atom. The Hall–Kier alpha value is -0.740. The zero-order valence-electron chi connectivity index (χ0n) is 9.85. The van der Waals surface area contributed by atoms with Crippen LogP contribution in [-0.2, 0) is 17.3 Å². The van der Waals surface area contributed by atoms with E-state index >= 15 is 0 Å². The highest BCUT2D eigenvalue weighted by Crippen LogP contribution is 2.21. The van der Waals surface area contributed by atoms with E-state index in [1.54, 1.807) is 0 Å². The highest BCUT2D eigenvalue weighted by molar-refractivity contribution is 7.86. The van der Waals surface area contributed by atoms with Crippen molar-refractivity contribution in [2.45, 2.75) is 25.1 Å². The van der Waals surface area contributed by atoms with Crippen LogP contribution < -0.4 is 0 Å². The first-order chi connectivity index (χ1) is 7.58. The summed E-state index contributed by atoms with van der Waals surface area (Å²) in [6.45, 7) is 6.94. The van der Waals surface area contributed by atoms with Crippen LogP contribution in [0, 0.1) is 0 Å². The van der Waals surface area contributed by atoms with Gasteiger partial charge in [-0.25, -0.2) is 0 Å². The Morgan fingerprint density at radius 2 is 2.12 bits per heavy atom. The SMILES string of the molecule is CC1(C)CN(Cc2ccncc2)CC[S@]1=O. The molecule has 0 aliphatic carbocycles. The van der Waals surface area contributed by atoms with Crippen LogP contribution in [0.1, 0.15) is 19.4 Å². The second-order valence-electron chi connectivity index (χ2n) is 4.88. The van der Waals surface area contributed by atoms with E-state index in [4.69, 9.17) is 0 Å². The predicted molar refractivity (Wildman–Crippen MR) is 66.6 cm³/mol. The van der Waals surface area contributed by atoms with Crippen molar-refractivity contribution in [3.8, 4) is 0 Å². The van der Waals surface area contributed by atoms with Gasteiger partial charge in [0.25, 0.3) is 0 Å². The average molecular weight is 238 g/mol. The zero-order chi connectivity index (χ0) is 11.6. The van der Waals surface area contributed by atoms with Gasteiger partial charge in [-0.1, -0.05) is 0 Å². The number of hydrogen-bond donors (Lipinski definition) is 0. The van der Waals surface area contributed by atoms with Gasteiger partial charge in [-0.3, -0.25) is 14.1 Å². The highest BCUT2D eigenvalue weighted by Gasteiger charge is 2.32. The van der Waals surface area contributed by atoms with Crippen LogP contribution in [0.4, 0.5) is 0 Å². The molecule has 4 heteroatoms. The fourth-order valence-corrected chi connectivity index (χ4v) is 3.36. The fraction of sp³-hybridized carbons (Fsp3) is 0.583. The third-order valence-electron chi connectivity index (χ3n) is 2.97. The van der Waals surface area contributed by atoms with Gasteiger partial charge in [-0.2, -0.15) is 0 Å². The van der Waals surface area contributed by atoms with Crippen LogP contribution in [-0.4, -0.2) is 37.7 Å². The lowest BCUT2D eigenvalue weighted by molar-refractivity contribution is 0.247. The van der Waals surface area contributed by atoms with Crippen LogP contribution in [0.3, 0.4) is 0 Å². The van der Waals surface area contributed by atoms with Crippen molar-refractivity contribution >= 4 is 10.8 Å². The normalized spacial score (nSPS) is 25.5. The van der Waals surface area contributed by atoms with Gasteiger partial charge in [0.1, 0.15) is 0 Å². The summed E-state index contributed by atoms with van der Waals surface area (Å²) in [6, 6.07) is 4.08. The summed E-state index contributed by atoms with van der Waals surface area (Å²) < 4.78 is 11.7. The molecule has 2 rings (SSSR count). The van der Waals surface area contributed by atoms with Crippen molar-refractivity contribution in [1.29, 1.82) is 0 Å². The summed E-state index contributed by atoms with van der Waals surface area (Å²) in [7, 11) is -0.683. The quantitative estimate of drug-likeness (QED) is 0.781. The number of aromatic nitrogens is 1. The lowest BCUT2D eigenvalue weighted by Crippen LogP contribution is -2.49. The summed E-state index contributed by atoms with van der Waals surface area (Å²) >= 11 is 0. The molecule has 1 aliphatic heterocycles. The van der Waals surface area contributed by atoms with E-state index < -0.39 is 10.8 Å². The minimum Gasteiger partial charge on any atom is -0.297 e. The van der Waals surface area contributed by atoms with Crippen LogP contribution >= 0.6 is 0 Å². The van der Waals surface area contributed by atoms with E-state index in [1.165, 1.54) is 5.56 Å². The molecular weight excluding hydrogens is 220 g/mol. The molecular formula is C12H18N2OS. The van der Waals surface area contributed by atoms with E-state index in [9.17, 15) is 4.21 Å². The van der Waals surface area contributed by atoms with E-state index in [1.807, 2.05) is 24.5 Å². The monoisotopic (exact) mass is 238 g/mol. The van der Waals surface area contributed by atoms with Gasteiger partial charge in [0.15, 0.2) is 0 Å². The van der Waals surface area contributed by atoms with E-state index in [-0.39, 0.29) is 4.75 Å². The molecule has 88 valence electrons. The molecule has 0 bridgehead atoms. The average Bonchev–Trinajstić information content (AvgIpc) is 2.25. The summed E-state index contributed by atoms with van der Waals surface area (Å²) in [4.78, 5) is 6.38. The molecule has 0 radical (unpaired) electrons. The van der Waals surface area contributed by atoms with Crippen LogP contribution in [0.2, 0.25) is 0 Å². The lowest BCUT2D eigenvalue weighted by atomic mass is 10.1. The Labute approximate surface area is 99.3 Å². The first kappa shape index (κ1) is 11.7. The standard InChI is InChI=1S/C12H18N2OS/c1-12(2)10-14(7-8-16(12)15)9-11-3-5-13-6-4-11/h3-6H,7-10H2,1-2H3/t16-/m1/s1. The molecule has 0 N–H and O–H groups in total. The van der Waals surface area contributed by atoms with Crippen molar-refractivity contribution in [2.75, 3.05) is 18.8 Å². The summed E-state index contributed by atoms with van der Waals surface area (Å²) in [5.74, 6) is 0.790. The topological polar surface area (TPSA) is 33.2 Å². The van der Waals surface area contributed by atoms with E-state index in [0.29, 0.717) is 0 Å². The van der Waals surface area contributed by atoms with Gasteiger partial charge in [0.05, 0.1) is 4.75 Å². The van der Waals surface area contributed by atoms with Crippen molar-refractivity contribution < 1.29 is 4.21 Å². The molecule has 1 saturated heterocycles. The minimum atomic E-state index is -0.683. The van der Waals surface area contributed by atoms with Crippen LogP contribution in [0.25, 0.3) is 0 Å². The highest BCUT2D eigenvalue weighted by atomic mass is 32.2. The molecule has 1 aliphatic rings. The zero-order valence-corrected chi connectivity index (χ0v) is 10.7. The molecule has 1 atom stereocenters. The molecule has 0 aromatic carbocycles. The van der Waals surface area contributed by atoms with E-state index in [0.717, 1.165) is 25.4 Å². The molecule has 0 saturated carbocycles.